The minimum Gasteiger partial charge on any atom is -0.350 e. The molecule has 0 unspecified atom stereocenters. The first kappa shape index (κ1) is 16.5. The van der Waals surface area contributed by atoms with E-state index in [-0.39, 0.29) is 5.91 Å². The lowest BCUT2D eigenvalue weighted by Gasteiger charge is -2.06. The van der Waals surface area contributed by atoms with Gasteiger partial charge < -0.3 is 10.7 Å². The van der Waals surface area contributed by atoms with Crippen LogP contribution in [0, 0.1) is 0 Å². The van der Waals surface area contributed by atoms with E-state index in [1.807, 2.05) is 67.6 Å². The van der Waals surface area contributed by atoms with Crippen molar-refractivity contribution in [2.75, 3.05) is 13.1 Å². The van der Waals surface area contributed by atoms with Gasteiger partial charge in [-0.15, -0.1) is 0 Å². The molecule has 0 aliphatic heterocycles. The molecule has 23 heavy (non-hydrogen) atoms. The molecule has 118 valence electrons. The number of nitrogens with zero attached hydrogens (tertiary/aromatic N) is 1. The summed E-state index contributed by atoms with van der Waals surface area (Å²) in [5.41, 5.74) is 5.57. The van der Waals surface area contributed by atoms with Gasteiger partial charge in [0, 0.05) is 17.7 Å². The predicted octanol–water partition coefficient (Wildman–Crippen LogP) is 2.99. The van der Waals surface area contributed by atoms with Crippen LogP contribution in [0.4, 0.5) is 0 Å². The molecule has 0 heterocycles. The Balaban J connectivity index is 1.82. The number of nitrogens with one attached hydrogen (secondary N) is 2. The van der Waals surface area contributed by atoms with Crippen molar-refractivity contribution in [2.24, 2.45) is 5.10 Å². The molecule has 4 heteroatoms. The second-order valence-corrected chi connectivity index (χ2v) is 4.89. The number of carbonyl (C=O) groups is 1. The molecule has 0 saturated heterocycles. The molecule has 0 fully saturated rings. The summed E-state index contributed by atoms with van der Waals surface area (Å²) in [7, 11) is 0. The van der Waals surface area contributed by atoms with Gasteiger partial charge in [-0.2, -0.15) is 5.10 Å². The standard InChI is InChI=1S/C19H21N3O/c1-2-9-18(16-10-5-3-6-11-16)22-21-15-14-20-19(23)17-12-7-4-8-13-17/h2-13,21H,14-15H2,1H3,(H,20,23)/b9-2-,22-18+. The molecule has 0 aliphatic carbocycles. The number of hydrogen-bond donors (Lipinski definition) is 2. The molecule has 0 bridgehead atoms. The molecule has 2 rings (SSSR count). The van der Waals surface area contributed by atoms with E-state index in [0.29, 0.717) is 18.7 Å². The zero-order chi connectivity index (χ0) is 16.3. The summed E-state index contributed by atoms with van der Waals surface area (Å²) in [6, 6.07) is 19.1. The van der Waals surface area contributed by atoms with Crippen LogP contribution in [-0.4, -0.2) is 24.7 Å². The average molecular weight is 307 g/mol. The van der Waals surface area contributed by atoms with Gasteiger partial charge in [-0.1, -0.05) is 54.6 Å². The average Bonchev–Trinajstić information content (AvgIpc) is 2.62. The minimum absolute atomic E-state index is 0.0758. The monoisotopic (exact) mass is 307 g/mol. The van der Waals surface area contributed by atoms with Gasteiger partial charge in [-0.3, -0.25) is 4.79 Å². The van der Waals surface area contributed by atoms with E-state index in [1.54, 1.807) is 12.1 Å². The summed E-state index contributed by atoms with van der Waals surface area (Å²) in [4.78, 5) is 11.9. The molecule has 0 saturated carbocycles. The van der Waals surface area contributed by atoms with Gasteiger partial charge in [-0.05, 0) is 25.1 Å². The largest absolute Gasteiger partial charge is 0.350 e. The third-order valence-electron chi connectivity index (χ3n) is 3.15. The van der Waals surface area contributed by atoms with Crippen molar-refractivity contribution in [2.45, 2.75) is 6.92 Å². The molecule has 2 N–H and O–H groups in total. The van der Waals surface area contributed by atoms with Crippen molar-refractivity contribution in [1.82, 2.24) is 10.7 Å². The van der Waals surface area contributed by atoms with Crippen LogP contribution < -0.4 is 10.7 Å². The molecule has 4 nitrogen and oxygen atoms in total. The van der Waals surface area contributed by atoms with Crippen molar-refractivity contribution < 1.29 is 4.79 Å². The fourth-order valence-corrected chi connectivity index (χ4v) is 2.03. The molecule has 0 aromatic heterocycles. The summed E-state index contributed by atoms with van der Waals surface area (Å²) in [5.74, 6) is -0.0758. The van der Waals surface area contributed by atoms with E-state index >= 15 is 0 Å². The van der Waals surface area contributed by atoms with Crippen LogP contribution >= 0.6 is 0 Å². The van der Waals surface area contributed by atoms with Gasteiger partial charge in [0.1, 0.15) is 0 Å². The first-order valence-electron chi connectivity index (χ1n) is 7.63. The first-order valence-corrected chi connectivity index (χ1v) is 7.63. The normalized spacial score (nSPS) is 11.4. The van der Waals surface area contributed by atoms with Crippen molar-refractivity contribution in [3.63, 3.8) is 0 Å². The Morgan fingerprint density at radius 3 is 2.17 bits per heavy atom. The smallest absolute Gasteiger partial charge is 0.251 e. The van der Waals surface area contributed by atoms with Gasteiger partial charge in [0.25, 0.3) is 5.91 Å². The fraction of sp³-hybridized carbons (Fsp3) is 0.158. The maximum absolute atomic E-state index is 11.9. The van der Waals surface area contributed by atoms with Crippen LogP contribution in [-0.2, 0) is 0 Å². The predicted molar refractivity (Wildman–Crippen MR) is 94.6 cm³/mol. The number of allylic oxidation sites excluding steroid dienone is 2. The summed E-state index contributed by atoms with van der Waals surface area (Å²) < 4.78 is 0. The van der Waals surface area contributed by atoms with Crippen molar-refractivity contribution in [1.29, 1.82) is 0 Å². The molecule has 0 radical (unpaired) electrons. The summed E-state index contributed by atoms with van der Waals surface area (Å²) in [6.07, 6.45) is 3.90. The van der Waals surface area contributed by atoms with Crippen molar-refractivity contribution in [3.8, 4) is 0 Å². The van der Waals surface area contributed by atoms with E-state index in [0.717, 1.165) is 11.3 Å². The highest BCUT2D eigenvalue weighted by molar-refractivity contribution is 6.08. The minimum atomic E-state index is -0.0758. The Hall–Kier alpha value is -2.88. The van der Waals surface area contributed by atoms with Crippen molar-refractivity contribution >= 4 is 11.6 Å². The molecule has 1 amide bonds. The fourth-order valence-electron chi connectivity index (χ4n) is 2.03. The number of hydrogen-bond acceptors (Lipinski definition) is 3. The lowest BCUT2D eigenvalue weighted by Crippen LogP contribution is -2.30. The number of carbonyl (C=O) groups excluding carboxylic acids is 1. The quantitative estimate of drug-likeness (QED) is 0.469. The second kappa shape index (κ2) is 9.20. The Kier molecular flexibility index (Phi) is 6.60. The highest BCUT2D eigenvalue weighted by Gasteiger charge is 2.02. The number of amides is 1. The molecule has 2 aromatic rings. The number of hydrazone groups is 1. The molecular formula is C19H21N3O. The van der Waals surface area contributed by atoms with Crippen molar-refractivity contribution in [3.05, 3.63) is 83.9 Å². The highest BCUT2D eigenvalue weighted by Crippen LogP contribution is 2.02. The van der Waals surface area contributed by atoms with Gasteiger partial charge in [0.15, 0.2) is 0 Å². The Bertz CT molecular complexity index is 664. The summed E-state index contributed by atoms with van der Waals surface area (Å²) in [6.45, 7) is 3.03. The van der Waals surface area contributed by atoms with Crippen LogP contribution in [0.5, 0.6) is 0 Å². The zero-order valence-corrected chi connectivity index (χ0v) is 13.2. The van der Waals surface area contributed by atoms with Gasteiger partial charge in [-0.25, -0.2) is 0 Å². The Morgan fingerprint density at radius 2 is 1.57 bits per heavy atom. The first-order chi connectivity index (χ1) is 11.3. The Morgan fingerprint density at radius 1 is 0.957 bits per heavy atom. The molecular weight excluding hydrogens is 286 g/mol. The number of benzene rings is 2. The maximum Gasteiger partial charge on any atom is 0.251 e. The Labute approximate surface area is 136 Å². The van der Waals surface area contributed by atoms with E-state index in [1.165, 1.54) is 0 Å². The molecule has 2 aromatic carbocycles. The molecule has 0 aliphatic rings. The third-order valence-corrected chi connectivity index (χ3v) is 3.15. The van der Waals surface area contributed by atoms with E-state index in [4.69, 9.17) is 0 Å². The number of rotatable bonds is 7. The van der Waals surface area contributed by atoms with Crippen LogP contribution in [0.1, 0.15) is 22.8 Å². The van der Waals surface area contributed by atoms with Crippen LogP contribution in [0.2, 0.25) is 0 Å². The van der Waals surface area contributed by atoms with Crippen LogP contribution in [0.3, 0.4) is 0 Å². The summed E-state index contributed by atoms with van der Waals surface area (Å²) in [5, 5.41) is 7.24. The second-order valence-electron chi connectivity index (χ2n) is 4.89. The molecule has 0 spiro atoms. The van der Waals surface area contributed by atoms with Crippen LogP contribution in [0.25, 0.3) is 0 Å². The van der Waals surface area contributed by atoms with Gasteiger partial charge >= 0.3 is 0 Å². The SMILES string of the molecule is C/C=C\C(=N/NCCNC(=O)c1ccccc1)c1ccccc1. The lowest BCUT2D eigenvalue weighted by molar-refractivity contribution is 0.0954. The van der Waals surface area contributed by atoms with E-state index in [9.17, 15) is 4.79 Å². The van der Waals surface area contributed by atoms with Gasteiger partial charge in [0.2, 0.25) is 0 Å². The zero-order valence-electron chi connectivity index (χ0n) is 13.2. The van der Waals surface area contributed by atoms with Gasteiger partial charge in [0.05, 0.1) is 12.3 Å². The topological polar surface area (TPSA) is 53.5 Å². The third kappa shape index (κ3) is 5.43. The van der Waals surface area contributed by atoms with E-state index < -0.39 is 0 Å². The molecule has 0 atom stereocenters. The van der Waals surface area contributed by atoms with E-state index in [2.05, 4.69) is 15.8 Å². The highest BCUT2D eigenvalue weighted by atomic mass is 16.1. The lowest BCUT2D eigenvalue weighted by atomic mass is 10.1. The summed E-state index contributed by atoms with van der Waals surface area (Å²) >= 11 is 0. The van der Waals surface area contributed by atoms with Crippen LogP contribution in [0.15, 0.2) is 77.9 Å². The maximum atomic E-state index is 11.9.